The molecule has 2 amide bonds. The van der Waals surface area contributed by atoms with Gasteiger partial charge in [0.15, 0.2) is 6.10 Å². The Morgan fingerprint density at radius 1 is 0.926 bits per heavy atom. The molecule has 0 aromatic heterocycles. The van der Waals surface area contributed by atoms with Crippen LogP contribution >= 0.6 is 0 Å². The van der Waals surface area contributed by atoms with Gasteiger partial charge in [-0.15, -0.1) is 0 Å². The average Bonchev–Trinajstić information content (AvgIpc) is 2.66. The second-order valence-electron chi connectivity index (χ2n) is 6.35. The summed E-state index contributed by atoms with van der Waals surface area (Å²) in [5.74, 6) is -1.24. The molecule has 2 rings (SSSR count). The minimum Gasteiger partial charge on any atom is -0.450 e. The molecule has 0 saturated carbocycles. The van der Waals surface area contributed by atoms with Crippen LogP contribution in [0.1, 0.15) is 5.56 Å². The first-order valence-electron chi connectivity index (χ1n) is 8.85. The number of benzene rings is 1. The highest BCUT2D eigenvalue weighted by Crippen LogP contribution is 2.10. The maximum absolute atomic E-state index is 12.7. The summed E-state index contributed by atoms with van der Waals surface area (Å²) in [6, 6.07) is 9.32. The van der Waals surface area contributed by atoms with Crippen molar-refractivity contribution in [1.82, 2.24) is 9.80 Å². The Morgan fingerprint density at radius 2 is 1.59 bits per heavy atom. The van der Waals surface area contributed by atoms with Crippen molar-refractivity contribution in [1.29, 1.82) is 0 Å². The number of cyclic esters (lactones) is 1. The van der Waals surface area contributed by atoms with E-state index in [1.807, 2.05) is 30.3 Å². The molecule has 148 valence electrons. The van der Waals surface area contributed by atoms with E-state index >= 15 is 0 Å². The van der Waals surface area contributed by atoms with Crippen molar-refractivity contribution in [3.05, 3.63) is 35.9 Å². The first kappa shape index (κ1) is 20.9. The zero-order chi connectivity index (χ0) is 19.6. The molecule has 8 nitrogen and oxygen atoms in total. The Hall–Kier alpha value is -2.45. The van der Waals surface area contributed by atoms with Gasteiger partial charge in [-0.05, 0) is 5.56 Å². The normalized spacial score (nSPS) is 21.4. The quantitative estimate of drug-likeness (QED) is 0.679. The van der Waals surface area contributed by atoms with Crippen molar-refractivity contribution in [3.8, 4) is 0 Å². The van der Waals surface area contributed by atoms with E-state index in [0.29, 0.717) is 26.3 Å². The number of carbonyl (C=O) groups excluding carboxylic acids is 3. The summed E-state index contributed by atoms with van der Waals surface area (Å²) in [4.78, 5) is 39.7. The molecular weight excluding hydrogens is 352 g/mol. The first-order valence-corrected chi connectivity index (χ1v) is 8.85. The molecule has 1 aliphatic rings. The number of likely N-dealkylation sites (N-methyl/N-ethyl adjacent to an activating group) is 2. The van der Waals surface area contributed by atoms with Gasteiger partial charge >= 0.3 is 5.97 Å². The van der Waals surface area contributed by atoms with Crippen molar-refractivity contribution in [2.45, 2.75) is 12.5 Å². The van der Waals surface area contributed by atoms with E-state index in [-0.39, 0.29) is 24.8 Å². The van der Waals surface area contributed by atoms with E-state index in [9.17, 15) is 14.4 Å². The Labute approximate surface area is 159 Å². The number of esters is 1. The molecule has 1 atom stereocenters. The van der Waals surface area contributed by atoms with Crippen molar-refractivity contribution >= 4 is 17.8 Å². The van der Waals surface area contributed by atoms with Crippen LogP contribution in [-0.4, -0.2) is 87.3 Å². The van der Waals surface area contributed by atoms with Gasteiger partial charge in [-0.3, -0.25) is 9.59 Å². The second-order valence-corrected chi connectivity index (χ2v) is 6.35. The fourth-order valence-corrected chi connectivity index (χ4v) is 2.52. The second kappa shape index (κ2) is 10.6. The lowest BCUT2D eigenvalue weighted by Gasteiger charge is -2.24. The first-order chi connectivity index (χ1) is 13.0. The minimum absolute atomic E-state index is 0.233. The number of hydrogen-bond donors (Lipinski definition) is 0. The van der Waals surface area contributed by atoms with Crippen LogP contribution in [0, 0.1) is 0 Å². The maximum Gasteiger partial charge on any atom is 0.332 e. The Balaban J connectivity index is 2.08. The molecule has 1 aliphatic heterocycles. The smallest absolute Gasteiger partial charge is 0.332 e. The number of carbonyl (C=O) groups is 3. The Morgan fingerprint density at radius 3 is 2.30 bits per heavy atom. The predicted octanol–water partition coefficient (Wildman–Crippen LogP) is 0.105. The van der Waals surface area contributed by atoms with E-state index in [1.54, 1.807) is 14.1 Å². The molecule has 1 heterocycles. The van der Waals surface area contributed by atoms with Crippen molar-refractivity contribution in [2.75, 3.05) is 53.6 Å². The highest BCUT2D eigenvalue weighted by atomic mass is 16.6. The molecular formula is C19H26N2O6. The molecule has 27 heavy (non-hydrogen) atoms. The number of ether oxygens (including phenoxy) is 3. The molecule has 1 aromatic rings. The van der Waals surface area contributed by atoms with Crippen molar-refractivity contribution in [3.63, 3.8) is 0 Å². The topological polar surface area (TPSA) is 85.4 Å². The minimum atomic E-state index is -0.961. The zero-order valence-electron chi connectivity index (χ0n) is 15.8. The van der Waals surface area contributed by atoms with Gasteiger partial charge in [0, 0.05) is 33.6 Å². The fourth-order valence-electron chi connectivity index (χ4n) is 2.52. The summed E-state index contributed by atoms with van der Waals surface area (Å²) in [7, 11) is 3.28. The maximum atomic E-state index is 12.7. The van der Waals surface area contributed by atoms with E-state index in [4.69, 9.17) is 14.2 Å². The highest BCUT2D eigenvalue weighted by Gasteiger charge is 2.27. The molecule has 1 saturated heterocycles. The van der Waals surface area contributed by atoms with Gasteiger partial charge in [0.05, 0.1) is 13.2 Å². The van der Waals surface area contributed by atoms with Gasteiger partial charge in [0.25, 0.3) is 5.91 Å². The molecule has 8 heteroatoms. The summed E-state index contributed by atoms with van der Waals surface area (Å²) in [5, 5.41) is 0. The summed E-state index contributed by atoms with van der Waals surface area (Å²) >= 11 is 0. The van der Waals surface area contributed by atoms with E-state index in [2.05, 4.69) is 0 Å². The number of nitrogens with zero attached hydrogens (tertiary/aromatic N) is 2. The van der Waals surface area contributed by atoms with Gasteiger partial charge in [-0.1, -0.05) is 30.3 Å². The van der Waals surface area contributed by atoms with E-state index in [1.165, 1.54) is 9.80 Å². The van der Waals surface area contributed by atoms with Crippen molar-refractivity contribution < 1.29 is 28.6 Å². The third kappa shape index (κ3) is 6.99. The zero-order valence-corrected chi connectivity index (χ0v) is 15.8. The third-order valence-electron chi connectivity index (χ3n) is 4.20. The van der Waals surface area contributed by atoms with Crippen LogP contribution in [0.3, 0.4) is 0 Å². The third-order valence-corrected chi connectivity index (χ3v) is 4.20. The monoisotopic (exact) mass is 378 g/mol. The highest BCUT2D eigenvalue weighted by molar-refractivity contribution is 5.84. The molecule has 1 aromatic carbocycles. The van der Waals surface area contributed by atoms with Gasteiger partial charge in [0.1, 0.15) is 13.2 Å². The summed E-state index contributed by atoms with van der Waals surface area (Å²) in [6.07, 6.45) is -0.699. The standard InChI is InChI=1S/C19H26N2O6/c1-20-8-10-25-11-9-21(2)19(24)16(12-15-6-4-3-5-7-15)27-18(23)14-26-13-17(20)22/h3-7,16H,8-14H2,1-2H3. The van der Waals surface area contributed by atoms with Gasteiger partial charge in [0.2, 0.25) is 5.91 Å². The average molecular weight is 378 g/mol. The summed E-state index contributed by atoms with van der Waals surface area (Å²) in [6.45, 7) is 0.817. The molecule has 0 radical (unpaired) electrons. The molecule has 0 bridgehead atoms. The van der Waals surface area contributed by atoms with Gasteiger partial charge in [-0.25, -0.2) is 4.79 Å². The lowest BCUT2D eigenvalue weighted by molar-refractivity contribution is -0.164. The van der Waals surface area contributed by atoms with Gasteiger partial charge in [-0.2, -0.15) is 0 Å². The van der Waals surface area contributed by atoms with E-state index < -0.39 is 18.7 Å². The van der Waals surface area contributed by atoms with Crippen LogP contribution in [0.4, 0.5) is 0 Å². The number of amides is 2. The summed E-state index contributed by atoms with van der Waals surface area (Å²) < 4.78 is 16.0. The van der Waals surface area contributed by atoms with Gasteiger partial charge < -0.3 is 24.0 Å². The molecule has 1 fully saturated rings. The van der Waals surface area contributed by atoms with Crippen LogP contribution in [-0.2, 0) is 35.0 Å². The molecule has 1 unspecified atom stereocenters. The molecule has 0 spiro atoms. The van der Waals surface area contributed by atoms with Crippen LogP contribution in [0.15, 0.2) is 30.3 Å². The Bertz CT molecular complexity index is 636. The predicted molar refractivity (Wildman–Crippen MR) is 96.9 cm³/mol. The Kier molecular flexibility index (Phi) is 8.22. The molecule has 0 aliphatic carbocycles. The van der Waals surface area contributed by atoms with Crippen molar-refractivity contribution in [2.24, 2.45) is 0 Å². The SMILES string of the molecule is CN1CCOCCN(C)C(=O)C(Cc2ccccc2)OC(=O)COCC1=O. The number of hydrogen-bond acceptors (Lipinski definition) is 6. The van der Waals surface area contributed by atoms with Crippen LogP contribution in [0.25, 0.3) is 0 Å². The lowest BCUT2D eigenvalue weighted by Crippen LogP contribution is -2.42. The number of rotatable bonds is 2. The fraction of sp³-hybridized carbons (Fsp3) is 0.526. The van der Waals surface area contributed by atoms with Crippen LogP contribution < -0.4 is 0 Å². The summed E-state index contributed by atoms with van der Waals surface area (Å²) in [5.41, 5.74) is 0.879. The molecule has 0 N–H and O–H groups in total. The van der Waals surface area contributed by atoms with Crippen LogP contribution in [0.2, 0.25) is 0 Å². The largest absolute Gasteiger partial charge is 0.450 e. The lowest BCUT2D eigenvalue weighted by atomic mass is 10.1. The van der Waals surface area contributed by atoms with Crippen LogP contribution in [0.5, 0.6) is 0 Å². The van der Waals surface area contributed by atoms with E-state index in [0.717, 1.165) is 5.56 Å².